The Balaban J connectivity index is 1.65. The van der Waals surface area contributed by atoms with Gasteiger partial charge in [-0.1, -0.05) is 24.1 Å². The monoisotopic (exact) mass is 439 g/mol. The Morgan fingerprint density at radius 3 is 2.79 bits per heavy atom. The molecule has 3 N–H and O–H groups in total. The minimum Gasteiger partial charge on any atom is -0.382 e. The molecule has 0 saturated heterocycles. The maximum absolute atomic E-state index is 13.9. The van der Waals surface area contributed by atoms with Gasteiger partial charge in [-0.15, -0.1) is 5.92 Å². The van der Waals surface area contributed by atoms with E-state index in [-0.39, 0.29) is 17.6 Å². The van der Waals surface area contributed by atoms with Crippen molar-refractivity contribution in [3.63, 3.8) is 0 Å². The number of aromatic nitrogens is 5. The molecule has 5 rings (SSSR count). The lowest BCUT2D eigenvalue weighted by Gasteiger charge is -2.22. The zero-order chi connectivity index (χ0) is 23.1. The van der Waals surface area contributed by atoms with Crippen LogP contribution in [0.1, 0.15) is 50.0 Å². The number of fused-ring (bicyclic) bond motifs is 1. The summed E-state index contributed by atoms with van der Waals surface area (Å²) in [7, 11) is 1.87. The van der Waals surface area contributed by atoms with Crippen molar-refractivity contribution in [3.8, 4) is 23.0 Å². The third-order valence-electron chi connectivity index (χ3n) is 5.96. The van der Waals surface area contributed by atoms with Crippen molar-refractivity contribution in [1.29, 1.82) is 0 Å². The number of hydrogen-bond acceptors (Lipinski definition) is 6. The smallest absolute Gasteiger partial charge is 0.259 e. The summed E-state index contributed by atoms with van der Waals surface area (Å²) in [5, 5.41) is 9.32. The summed E-state index contributed by atoms with van der Waals surface area (Å²) in [6, 6.07) is 8.06. The minimum atomic E-state index is -0.198. The van der Waals surface area contributed by atoms with E-state index in [1.54, 1.807) is 17.8 Å². The molecule has 0 spiro atoms. The van der Waals surface area contributed by atoms with Gasteiger partial charge in [0.1, 0.15) is 23.5 Å². The van der Waals surface area contributed by atoms with Crippen LogP contribution in [0.2, 0.25) is 0 Å². The van der Waals surface area contributed by atoms with Gasteiger partial charge in [0.25, 0.3) is 5.56 Å². The average molecular weight is 440 g/mol. The van der Waals surface area contributed by atoms with Crippen molar-refractivity contribution in [2.45, 2.75) is 38.8 Å². The number of anilines is 2. The van der Waals surface area contributed by atoms with Gasteiger partial charge in [0.15, 0.2) is 0 Å². The summed E-state index contributed by atoms with van der Waals surface area (Å²) in [6.07, 6.45) is 7.13. The lowest BCUT2D eigenvalue weighted by atomic mass is 10.00. The molecule has 1 aliphatic carbocycles. The third-order valence-corrected chi connectivity index (χ3v) is 5.96. The first-order valence-corrected chi connectivity index (χ1v) is 10.9. The number of benzene rings is 1. The van der Waals surface area contributed by atoms with Gasteiger partial charge < -0.3 is 15.6 Å². The van der Waals surface area contributed by atoms with Crippen molar-refractivity contribution in [2.75, 3.05) is 11.1 Å². The number of nitrogen functional groups attached to an aromatic ring is 1. The molecule has 1 atom stereocenters. The van der Waals surface area contributed by atoms with Gasteiger partial charge in [-0.25, -0.2) is 9.97 Å². The molecule has 1 aliphatic rings. The maximum Gasteiger partial charge on any atom is 0.259 e. The molecule has 1 unspecified atom stereocenters. The summed E-state index contributed by atoms with van der Waals surface area (Å²) in [4.78, 5) is 22.3. The van der Waals surface area contributed by atoms with Crippen LogP contribution >= 0.6 is 0 Å². The van der Waals surface area contributed by atoms with Crippen molar-refractivity contribution in [1.82, 2.24) is 24.3 Å². The molecule has 33 heavy (non-hydrogen) atoms. The molecule has 3 aromatic heterocycles. The number of nitrogens with one attached hydrogen (secondary N) is 1. The first-order valence-electron chi connectivity index (χ1n) is 10.9. The van der Waals surface area contributed by atoms with Crippen LogP contribution in [0.3, 0.4) is 0 Å². The number of rotatable bonds is 5. The number of nitrogens with zero attached hydrogens (tertiary/aromatic N) is 5. The molecule has 1 aromatic carbocycles. The fourth-order valence-corrected chi connectivity index (χ4v) is 4.28. The SMILES string of the molecule is CC#Cc1c(N)ncnc1NC(C)c1cc2cccc(-c3cnn(C)c3)c2c(=O)n1C1CC1. The molecule has 0 radical (unpaired) electrons. The van der Waals surface area contributed by atoms with Crippen LogP contribution in [0.15, 0.2) is 47.8 Å². The Labute approximate surface area is 191 Å². The molecule has 4 aromatic rings. The van der Waals surface area contributed by atoms with Gasteiger partial charge in [0.2, 0.25) is 0 Å². The summed E-state index contributed by atoms with van der Waals surface area (Å²) in [5.41, 5.74) is 9.35. The van der Waals surface area contributed by atoms with E-state index in [2.05, 4.69) is 38.3 Å². The van der Waals surface area contributed by atoms with Gasteiger partial charge >= 0.3 is 0 Å². The van der Waals surface area contributed by atoms with Gasteiger partial charge in [0, 0.05) is 30.5 Å². The highest BCUT2D eigenvalue weighted by Gasteiger charge is 2.30. The summed E-state index contributed by atoms with van der Waals surface area (Å²) < 4.78 is 3.69. The molecular weight excluding hydrogens is 414 g/mol. The van der Waals surface area contributed by atoms with Gasteiger partial charge in [-0.3, -0.25) is 9.48 Å². The molecule has 3 heterocycles. The molecular formula is C25H25N7O. The van der Waals surface area contributed by atoms with E-state index in [0.29, 0.717) is 17.2 Å². The van der Waals surface area contributed by atoms with Crippen LogP contribution in [0.5, 0.6) is 0 Å². The number of pyridine rings is 1. The van der Waals surface area contributed by atoms with E-state index in [0.717, 1.165) is 40.4 Å². The summed E-state index contributed by atoms with van der Waals surface area (Å²) >= 11 is 0. The lowest BCUT2D eigenvalue weighted by molar-refractivity contribution is 0.636. The Morgan fingerprint density at radius 1 is 1.27 bits per heavy atom. The first-order chi connectivity index (χ1) is 16.0. The quantitative estimate of drug-likeness (QED) is 0.460. The predicted octanol–water partition coefficient (Wildman–Crippen LogP) is 3.65. The molecule has 0 aliphatic heterocycles. The van der Waals surface area contributed by atoms with Crippen molar-refractivity contribution >= 4 is 22.4 Å². The van der Waals surface area contributed by atoms with Gasteiger partial charge in [0.05, 0.1) is 17.6 Å². The second-order valence-corrected chi connectivity index (χ2v) is 8.37. The zero-order valence-electron chi connectivity index (χ0n) is 18.8. The molecule has 1 saturated carbocycles. The second-order valence-electron chi connectivity index (χ2n) is 8.37. The van der Waals surface area contributed by atoms with Crippen LogP contribution in [-0.2, 0) is 7.05 Å². The standard InChI is InChI=1S/C25H25N7O/c1-4-6-20-23(26)27-14-28-24(20)30-15(2)21-11-16-7-5-8-19(17-12-29-31(3)13-17)22(16)25(33)32(21)18-9-10-18/h5,7-8,11-15,18H,9-10H2,1-3H3,(H3,26,27,28,30). The van der Waals surface area contributed by atoms with E-state index >= 15 is 0 Å². The van der Waals surface area contributed by atoms with E-state index in [1.807, 2.05) is 42.9 Å². The number of nitrogens with two attached hydrogens (primary N) is 1. The van der Waals surface area contributed by atoms with Crippen LogP contribution in [-0.4, -0.2) is 24.3 Å². The second kappa shape index (κ2) is 8.10. The zero-order valence-corrected chi connectivity index (χ0v) is 18.8. The summed E-state index contributed by atoms with van der Waals surface area (Å²) in [5.74, 6) is 6.73. The van der Waals surface area contributed by atoms with Crippen LogP contribution in [0.4, 0.5) is 11.6 Å². The minimum absolute atomic E-state index is 0.0221. The van der Waals surface area contributed by atoms with Gasteiger partial charge in [-0.05, 0) is 43.7 Å². The molecule has 0 bridgehead atoms. The van der Waals surface area contributed by atoms with Crippen LogP contribution < -0.4 is 16.6 Å². The highest BCUT2D eigenvalue weighted by molar-refractivity contribution is 5.96. The lowest BCUT2D eigenvalue weighted by Crippen LogP contribution is -2.26. The highest BCUT2D eigenvalue weighted by Crippen LogP contribution is 2.38. The number of aryl methyl sites for hydroxylation is 1. The normalized spacial score (nSPS) is 14.0. The Morgan fingerprint density at radius 2 is 2.09 bits per heavy atom. The van der Waals surface area contributed by atoms with Crippen molar-refractivity contribution < 1.29 is 0 Å². The van der Waals surface area contributed by atoms with Crippen LogP contribution in [0, 0.1) is 11.8 Å². The maximum atomic E-state index is 13.9. The Kier molecular flexibility index (Phi) is 5.09. The molecule has 0 amide bonds. The molecule has 1 fully saturated rings. The topological polar surface area (TPSA) is 104 Å². The van der Waals surface area contributed by atoms with E-state index < -0.39 is 0 Å². The Bertz CT molecular complexity index is 1480. The fraction of sp³-hybridized carbons (Fsp3) is 0.280. The number of hydrogen-bond donors (Lipinski definition) is 2. The van der Waals surface area contributed by atoms with Crippen LogP contribution in [0.25, 0.3) is 21.9 Å². The molecule has 8 heteroatoms. The molecule has 166 valence electrons. The Hall–Kier alpha value is -4.12. The summed E-state index contributed by atoms with van der Waals surface area (Å²) in [6.45, 7) is 3.76. The third kappa shape index (κ3) is 3.72. The van der Waals surface area contributed by atoms with E-state index in [4.69, 9.17) is 5.73 Å². The van der Waals surface area contributed by atoms with E-state index in [9.17, 15) is 4.79 Å². The predicted molar refractivity (Wildman–Crippen MR) is 130 cm³/mol. The average Bonchev–Trinajstić information content (AvgIpc) is 3.54. The van der Waals surface area contributed by atoms with Crippen molar-refractivity contribution in [3.05, 3.63) is 64.6 Å². The van der Waals surface area contributed by atoms with Crippen molar-refractivity contribution in [2.24, 2.45) is 7.05 Å². The van der Waals surface area contributed by atoms with Gasteiger partial charge in [-0.2, -0.15) is 5.10 Å². The molecule has 8 nitrogen and oxygen atoms in total. The fourth-order valence-electron chi connectivity index (χ4n) is 4.28. The first kappa shape index (κ1) is 20.8. The highest BCUT2D eigenvalue weighted by atomic mass is 16.1. The largest absolute Gasteiger partial charge is 0.382 e. The van der Waals surface area contributed by atoms with E-state index in [1.165, 1.54) is 6.33 Å².